The summed E-state index contributed by atoms with van der Waals surface area (Å²) in [5.41, 5.74) is -0.487. The molecule has 0 heterocycles. The van der Waals surface area contributed by atoms with E-state index in [1.165, 1.54) is 6.08 Å². The number of Topliss-reactive ketones (excluding diaryl/α,β-unsaturated/α-hetero) is 1. The van der Waals surface area contributed by atoms with Gasteiger partial charge in [0, 0.05) is 12.3 Å². The molecule has 2 fully saturated rings. The summed E-state index contributed by atoms with van der Waals surface area (Å²) in [5, 5.41) is 0. The molecule has 37 heavy (non-hydrogen) atoms. The van der Waals surface area contributed by atoms with Crippen LogP contribution in [-0.4, -0.2) is 40.3 Å². The van der Waals surface area contributed by atoms with Crippen molar-refractivity contribution in [1.29, 1.82) is 0 Å². The van der Waals surface area contributed by atoms with Gasteiger partial charge in [0.25, 0.3) is 0 Å². The number of hydrogen-bond acceptors (Lipinski definition) is 3. The summed E-state index contributed by atoms with van der Waals surface area (Å²) >= 11 is 0. The highest BCUT2D eigenvalue weighted by Gasteiger charge is 2.56. The lowest BCUT2D eigenvalue weighted by Gasteiger charge is -2.48. The Balaban J connectivity index is 2.29. The van der Waals surface area contributed by atoms with Crippen molar-refractivity contribution < 1.29 is 26.8 Å². The first-order valence-corrected chi connectivity index (χ1v) is 21.0. The van der Waals surface area contributed by atoms with Crippen LogP contribution < -0.4 is 0 Å². The molecule has 0 aromatic rings. The minimum Gasteiger partial charge on any atom is -0.413 e. The standard InChI is InChI=1S/C29H53F3O3Si2/c1-26(2,35-37(8,9)10)18-13-20-27(3,19-12-15-25(29(30,31)32)34-36(5,6)7)24-17-16-22-23(33)14-11-21-28(22,24)4/h12,15,22,24-25H,11,13-14,16-21H2,1-10H3/b15-12-/t22-,24+,25?,27+,28-/m0/s1. The number of carbonyl (C=O) groups excluding carboxylic acids is 1. The van der Waals surface area contributed by atoms with Crippen molar-refractivity contribution in [3.8, 4) is 0 Å². The molecule has 2 aliphatic rings. The van der Waals surface area contributed by atoms with Crippen LogP contribution >= 0.6 is 0 Å². The van der Waals surface area contributed by atoms with Gasteiger partial charge in [-0.15, -0.1) is 0 Å². The predicted octanol–water partition coefficient (Wildman–Crippen LogP) is 9.31. The maximum atomic E-state index is 13.8. The Kier molecular flexibility index (Phi) is 10.3. The highest BCUT2D eigenvalue weighted by Crippen LogP contribution is 2.61. The normalized spacial score (nSPS) is 28.4. The van der Waals surface area contributed by atoms with E-state index in [-0.39, 0.29) is 22.3 Å². The van der Waals surface area contributed by atoms with E-state index >= 15 is 0 Å². The van der Waals surface area contributed by atoms with E-state index in [9.17, 15) is 18.0 Å². The van der Waals surface area contributed by atoms with Crippen LogP contribution in [0.15, 0.2) is 12.2 Å². The molecule has 2 saturated carbocycles. The fraction of sp³-hybridized carbons (Fsp3) is 0.897. The van der Waals surface area contributed by atoms with Crippen LogP contribution in [0.5, 0.6) is 0 Å². The van der Waals surface area contributed by atoms with Gasteiger partial charge in [-0.1, -0.05) is 32.4 Å². The zero-order valence-corrected chi connectivity index (χ0v) is 27.1. The zero-order chi connectivity index (χ0) is 28.5. The second-order valence-electron chi connectivity index (χ2n) is 14.8. The minimum absolute atomic E-state index is 0.0689. The summed E-state index contributed by atoms with van der Waals surface area (Å²) < 4.78 is 53.2. The summed E-state index contributed by atoms with van der Waals surface area (Å²) in [6.07, 6.45) is 4.51. The van der Waals surface area contributed by atoms with Crippen LogP contribution in [0.25, 0.3) is 0 Å². The van der Waals surface area contributed by atoms with Gasteiger partial charge < -0.3 is 8.85 Å². The van der Waals surface area contributed by atoms with Gasteiger partial charge >= 0.3 is 6.18 Å². The van der Waals surface area contributed by atoms with E-state index in [2.05, 4.69) is 47.3 Å². The summed E-state index contributed by atoms with van der Waals surface area (Å²) in [4.78, 5) is 12.8. The number of carbonyl (C=O) groups is 1. The largest absolute Gasteiger partial charge is 0.417 e. The van der Waals surface area contributed by atoms with Crippen molar-refractivity contribution in [3.63, 3.8) is 0 Å². The van der Waals surface area contributed by atoms with Crippen molar-refractivity contribution >= 4 is 22.4 Å². The average molecular weight is 563 g/mol. The molecule has 0 aliphatic heterocycles. The van der Waals surface area contributed by atoms with Crippen molar-refractivity contribution in [2.75, 3.05) is 0 Å². The predicted molar refractivity (Wildman–Crippen MR) is 152 cm³/mol. The molecule has 0 radical (unpaired) electrons. The quantitative estimate of drug-likeness (QED) is 0.176. The molecule has 0 N–H and O–H groups in total. The van der Waals surface area contributed by atoms with E-state index in [0.29, 0.717) is 24.5 Å². The highest BCUT2D eigenvalue weighted by atomic mass is 28.4. The van der Waals surface area contributed by atoms with Crippen LogP contribution in [0.4, 0.5) is 13.2 Å². The Hall–Kier alpha value is -0.446. The van der Waals surface area contributed by atoms with Crippen LogP contribution in [0.3, 0.4) is 0 Å². The molecule has 0 bridgehead atoms. The van der Waals surface area contributed by atoms with E-state index in [1.807, 2.05) is 0 Å². The number of ketones is 1. The first-order chi connectivity index (χ1) is 16.6. The van der Waals surface area contributed by atoms with Crippen LogP contribution in [0.2, 0.25) is 39.3 Å². The highest BCUT2D eigenvalue weighted by molar-refractivity contribution is 6.70. The van der Waals surface area contributed by atoms with Gasteiger partial charge in [0.05, 0.1) is 5.60 Å². The second kappa shape index (κ2) is 11.6. The molecule has 0 spiro atoms. The molecule has 216 valence electrons. The third-order valence-corrected chi connectivity index (χ3v) is 10.6. The average Bonchev–Trinajstić information content (AvgIpc) is 3.02. The van der Waals surface area contributed by atoms with Crippen LogP contribution in [0.1, 0.15) is 85.5 Å². The number of allylic oxidation sites excluding steroid dienone is 1. The van der Waals surface area contributed by atoms with E-state index in [1.54, 1.807) is 25.7 Å². The molecule has 2 rings (SSSR count). The van der Waals surface area contributed by atoms with Gasteiger partial charge in [-0.2, -0.15) is 13.2 Å². The molecule has 0 aromatic carbocycles. The molecular formula is C29H53F3O3Si2. The molecule has 5 atom stereocenters. The summed E-state index contributed by atoms with van der Waals surface area (Å²) in [6.45, 7) is 20.8. The summed E-state index contributed by atoms with van der Waals surface area (Å²) in [7, 11) is -4.07. The van der Waals surface area contributed by atoms with Gasteiger partial charge in [0.1, 0.15) is 5.78 Å². The molecule has 0 saturated heterocycles. The third kappa shape index (κ3) is 9.31. The van der Waals surface area contributed by atoms with Crippen molar-refractivity contribution in [2.45, 2.75) is 143 Å². The molecule has 0 amide bonds. The SMILES string of the molecule is CC(C)(CCC[C@@](C)(C/C=C\C(O[Si](C)(C)C)C(F)(F)F)[C@H]1CC[C@H]2C(=O)CCC[C@]12C)O[Si](C)(C)C. The number of alkyl halides is 3. The zero-order valence-electron chi connectivity index (χ0n) is 25.1. The summed E-state index contributed by atoms with van der Waals surface area (Å²) in [5.74, 6) is 0.793. The van der Waals surface area contributed by atoms with E-state index in [4.69, 9.17) is 8.85 Å². The van der Waals surface area contributed by atoms with Crippen molar-refractivity contribution in [1.82, 2.24) is 0 Å². The molecule has 3 nitrogen and oxygen atoms in total. The lowest BCUT2D eigenvalue weighted by atomic mass is 9.56. The number of halogens is 3. The molecule has 8 heteroatoms. The monoisotopic (exact) mass is 562 g/mol. The maximum absolute atomic E-state index is 13.8. The molecular weight excluding hydrogens is 509 g/mol. The lowest BCUT2D eigenvalue weighted by molar-refractivity contribution is -0.182. The first kappa shape index (κ1) is 32.8. The lowest BCUT2D eigenvalue weighted by Crippen LogP contribution is -2.44. The number of rotatable bonds is 12. The van der Waals surface area contributed by atoms with Gasteiger partial charge in [0.15, 0.2) is 22.7 Å². The van der Waals surface area contributed by atoms with Gasteiger partial charge in [-0.3, -0.25) is 4.79 Å². The maximum Gasteiger partial charge on any atom is 0.417 e. The van der Waals surface area contributed by atoms with Gasteiger partial charge in [-0.25, -0.2) is 0 Å². The Bertz CT molecular complexity index is 813. The topological polar surface area (TPSA) is 35.5 Å². The Morgan fingerprint density at radius 1 is 1.03 bits per heavy atom. The van der Waals surface area contributed by atoms with E-state index < -0.39 is 28.9 Å². The van der Waals surface area contributed by atoms with Crippen LogP contribution in [0, 0.1) is 22.7 Å². The Morgan fingerprint density at radius 3 is 2.19 bits per heavy atom. The van der Waals surface area contributed by atoms with Crippen molar-refractivity contribution in [3.05, 3.63) is 12.2 Å². The Morgan fingerprint density at radius 2 is 1.65 bits per heavy atom. The second-order valence-corrected chi connectivity index (χ2v) is 23.7. The smallest absolute Gasteiger partial charge is 0.413 e. The van der Waals surface area contributed by atoms with E-state index in [0.717, 1.165) is 44.9 Å². The van der Waals surface area contributed by atoms with Gasteiger partial charge in [-0.05, 0) is 115 Å². The Labute approximate surface area is 226 Å². The molecule has 1 unspecified atom stereocenters. The fourth-order valence-electron chi connectivity index (χ4n) is 7.35. The molecule has 2 aliphatic carbocycles. The molecule has 0 aromatic heterocycles. The minimum atomic E-state index is -4.42. The van der Waals surface area contributed by atoms with Gasteiger partial charge in [0.2, 0.25) is 0 Å². The fourth-order valence-corrected chi connectivity index (χ4v) is 10.1. The van der Waals surface area contributed by atoms with Crippen molar-refractivity contribution in [2.24, 2.45) is 22.7 Å². The van der Waals surface area contributed by atoms with Crippen LogP contribution in [-0.2, 0) is 13.6 Å². The number of fused-ring (bicyclic) bond motifs is 1. The third-order valence-electron chi connectivity index (χ3n) is 8.51. The first-order valence-electron chi connectivity index (χ1n) is 14.2. The number of hydrogen-bond donors (Lipinski definition) is 0. The summed E-state index contributed by atoms with van der Waals surface area (Å²) in [6, 6.07) is 0.